The van der Waals surface area contributed by atoms with Gasteiger partial charge in [0.25, 0.3) is 10.0 Å². The number of nitrogens with zero attached hydrogens (tertiary/aromatic N) is 1. The van der Waals surface area contributed by atoms with Gasteiger partial charge in [0.2, 0.25) is 0 Å². The number of nitrogens with one attached hydrogen (secondary N) is 1. The largest absolute Gasteiger partial charge is 0.435 e. The summed E-state index contributed by atoms with van der Waals surface area (Å²) in [6.07, 6.45) is -4.82. The van der Waals surface area contributed by atoms with Crippen molar-refractivity contribution < 1.29 is 21.6 Å². The molecular formula is C15H12BrF3N2O2S. The van der Waals surface area contributed by atoms with Crippen molar-refractivity contribution in [1.29, 1.82) is 0 Å². The van der Waals surface area contributed by atoms with Gasteiger partial charge >= 0.3 is 6.18 Å². The van der Waals surface area contributed by atoms with Gasteiger partial charge in [0, 0.05) is 10.0 Å². The first-order chi connectivity index (χ1) is 11.1. The van der Waals surface area contributed by atoms with E-state index in [1.54, 1.807) is 11.8 Å². The maximum atomic E-state index is 13.2. The van der Waals surface area contributed by atoms with E-state index in [1.165, 1.54) is 48.5 Å². The first-order valence-electron chi connectivity index (χ1n) is 6.59. The van der Waals surface area contributed by atoms with Gasteiger partial charge in [-0.15, -0.1) is 0 Å². The fraction of sp³-hybridized carbons (Fsp3) is 0.133. The minimum atomic E-state index is -4.82. The molecule has 0 amide bonds. The Morgan fingerprint density at radius 2 is 1.58 bits per heavy atom. The summed E-state index contributed by atoms with van der Waals surface area (Å²) in [6.45, 7) is 1.76. The number of hydrazone groups is 1. The zero-order valence-corrected chi connectivity index (χ0v) is 14.7. The molecule has 0 saturated carbocycles. The van der Waals surface area contributed by atoms with E-state index in [1.807, 2.05) is 0 Å². The predicted molar refractivity (Wildman–Crippen MR) is 88.2 cm³/mol. The SMILES string of the molecule is Cc1ccc(S(=O)(=O)N/N=C(/c2ccc(Br)cc2)C(F)(F)F)cc1. The van der Waals surface area contributed by atoms with Crippen molar-refractivity contribution in [2.24, 2.45) is 5.10 Å². The molecule has 0 spiro atoms. The molecule has 2 aromatic carbocycles. The molecule has 4 nitrogen and oxygen atoms in total. The molecule has 1 N–H and O–H groups in total. The second-order valence-electron chi connectivity index (χ2n) is 4.87. The van der Waals surface area contributed by atoms with Crippen LogP contribution in [-0.2, 0) is 10.0 Å². The summed E-state index contributed by atoms with van der Waals surface area (Å²) >= 11 is 3.12. The highest BCUT2D eigenvalue weighted by Gasteiger charge is 2.37. The predicted octanol–water partition coefficient (Wildman–Crippen LogP) is 4.00. The quantitative estimate of drug-likeness (QED) is 0.600. The summed E-state index contributed by atoms with van der Waals surface area (Å²) in [5, 5.41) is 3.10. The molecule has 0 aliphatic rings. The highest BCUT2D eigenvalue weighted by Crippen LogP contribution is 2.24. The number of hydrogen-bond acceptors (Lipinski definition) is 3. The molecule has 0 saturated heterocycles. The van der Waals surface area contributed by atoms with Gasteiger partial charge in [-0.25, -0.2) is 0 Å². The summed E-state index contributed by atoms with van der Waals surface area (Å²) in [4.78, 5) is 1.47. The van der Waals surface area contributed by atoms with Crippen molar-refractivity contribution in [1.82, 2.24) is 4.83 Å². The third-order valence-corrected chi connectivity index (χ3v) is 4.75. The van der Waals surface area contributed by atoms with Gasteiger partial charge in [-0.2, -0.15) is 31.5 Å². The number of sulfonamides is 1. The van der Waals surface area contributed by atoms with Crippen LogP contribution in [0, 0.1) is 6.92 Å². The Hall–Kier alpha value is -1.87. The zero-order chi connectivity index (χ0) is 18.0. The molecule has 0 aliphatic carbocycles. The van der Waals surface area contributed by atoms with Crippen LogP contribution in [0.2, 0.25) is 0 Å². The molecule has 0 atom stereocenters. The van der Waals surface area contributed by atoms with Crippen LogP contribution in [0.15, 0.2) is 63.0 Å². The summed E-state index contributed by atoms with van der Waals surface area (Å²) < 4.78 is 64.2. The van der Waals surface area contributed by atoms with E-state index in [4.69, 9.17) is 0 Å². The molecule has 0 aliphatic heterocycles. The average Bonchev–Trinajstić information content (AvgIpc) is 2.48. The first-order valence-corrected chi connectivity index (χ1v) is 8.86. The van der Waals surface area contributed by atoms with Crippen LogP contribution >= 0.6 is 15.9 Å². The number of alkyl halides is 3. The van der Waals surface area contributed by atoms with E-state index in [2.05, 4.69) is 21.0 Å². The number of halogens is 4. The smallest absolute Gasteiger partial charge is 0.200 e. The molecule has 128 valence electrons. The van der Waals surface area contributed by atoms with Crippen LogP contribution in [0.5, 0.6) is 0 Å². The lowest BCUT2D eigenvalue weighted by Gasteiger charge is -2.12. The van der Waals surface area contributed by atoms with Crippen LogP contribution in [0.3, 0.4) is 0 Å². The highest BCUT2D eigenvalue weighted by atomic mass is 79.9. The lowest BCUT2D eigenvalue weighted by molar-refractivity contribution is -0.0583. The normalized spacial score (nSPS) is 13.0. The van der Waals surface area contributed by atoms with Crippen LogP contribution in [0.25, 0.3) is 0 Å². The third kappa shape index (κ3) is 4.57. The van der Waals surface area contributed by atoms with E-state index >= 15 is 0 Å². The van der Waals surface area contributed by atoms with Crippen molar-refractivity contribution in [2.45, 2.75) is 18.0 Å². The topological polar surface area (TPSA) is 58.5 Å². The summed E-state index contributed by atoms with van der Waals surface area (Å²) in [7, 11) is -4.20. The lowest BCUT2D eigenvalue weighted by Crippen LogP contribution is -2.29. The van der Waals surface area contributed by atoms with E-state index < -0.39 is 21.9 Å². The van der Waals surface area contributed by atoms with E-state index in [9.17, 15) is 21.6 Å². The first kappa shape index (κ1) is 18.5. The molecule has 0 aromatic heterocycles. The second kappa shape index (κ2) is 6.94. The fourth-order valence-corrected chi connectivity index (χ4v) is 2.85. The van der Waals surface area contributed by atoms with Crippen molar-refractivity contribution in [3.8, 4) is 0 Å². The van der Waals surface area contributed by atoms with Gasteiger partial charge in [-0.3, -0.25) is 0 Å². The van der Waals surface area contributed by atoms with Crippen molar-refractivity contribution >= 4 is 31.7 Å². The van der Waals surface area contributed by atoms with Crippen LogP contribution in [0.4, 0.5) is 13.2 Å². The second-order valence-corrected chi connectivity index (χ2v) is 7.45. The Morgan fingerprint density at radius 3 is 2.08 bits per heavy atom. The maximum Gasteiger partial charge on any atom is 0.435 e. The Morgan fingerprint density at radius 1 is 1.04 bits per heavy atom. The molecule has 0 radical (unpaired) electrons. The zero-order valence-electron chi connectivity index (χ0n) is 12.3. The lowest BCUT2D eigenvalue weighted by atomic mass is 10.1. The fourth-order valence-electron chi connectivity index (χ4n) is 1.78. The molecule has 2 rings (SSSR count). The van der Waals surface area contributed by atoms with E-state index in [0.717, 1.165) is 5.56 Å². The Labute approximate surface area is 145 Å². The van der Waals surface area contributed by atoms with E-state index in [0.29, 0.717) is 4.47 Å². The molecule has 9 heteroatoms. The molecule has 0 heterocycles. The summed E-state index contributed by atoms with van der Waals surface area (Å²) in [5.74, 6) is 0. The number of rotatable bonds is 4. The van der Waals surface area contributed by atoms with E-state index in [-0.39, 0.29) is 10.5 Å². The monoisotopic (exact) mass is 420 g/mol. The van der Waals surface area contributed by atoms with Crippen molar-refractivity contribution in [3.63, 3.8) is 0 Å². The molecule has 0 bridgehead atoms. The van der Waals surface area contributed by atoms with Crippen LogP contribution in [-0.4, -0.2) is 20.3 Å². The van der Waals surface area contributed by atoms with Gasteiger partial charge < -0.3 is 0 Å². The maximum absolute atomic E-state index is 13.2. The van der Waals surface area contributed by atoms with Crippen molar-refractivity contribution in [3.05, 3.63) is 64.1 Å². The van der Waals surface area contributed by atoms with Gasteiger partial charge in [0.15, 0.2) is 5.71 Å². The number of benzene rings is 2. The van der Waals surface area contributed by atoms with Crippen LogP contribution in [0.1, 0.15) is 11.1 Å². The summed E-state index contributed by atoms with van der Waals surface area (Å²) in [6, 6.07) is 10.9. The third-order valence-electron chi connectivity index (χ3n) is 3.00. The van der Waals surface area contributed by atoms with Crippen molar-refractivity contribution in [2.75, 3.05) is 0 Å². The van der Waals surface area contributed by atoms with Gasteiger partial charge in [-0.1, -0.05) is 45.8 Å². The molecule has 2 aromatic rings. The standard InChI is InChI=1S/C15H12BrF3N2O2S/c1-10-2-8-13(9-3-10)24(22,23)21-20-14(15(17,18)19)11-4-6-12(16)7-5-11/h2-9,21H,1H3/b20-14-. The molecule has 0 unspecified atom stereocenters. The highest BCUT2D eigenvalue weighted by molar-refractivity contribution is 9.10. The average molecular weight is 421 g/mol. The minimum Gasteiger partial charge on any atom is -0.200 e. The summed E-state index contributed by atoms with van der Waals surface area (Å²) in [5.41, 5.74) is -0.758. The van der Waals surface area contributed by atoms with Crippen LogP contribution < -0.4 is 4.83 Å². The minimum absolute atomic E-state index is 0.172. The Kier molecular flexibility index (Phi) is 5.34. The Bertz CT molecular complexity index is 846. The molecule has 0 fully saturated rings. The van der Waals surface area contributed by atoms with Gasteiger partial charge in [-0.05, 0) is 31.2 Å². The molecule has 24 heavy (non-hydrogen) atoms. The molecular weight excluding hydrogens is 409 g/mol. The van der Waals surface area contributed by atoms with Gasteiger partial charge in [0.05, 0.1) is 4.90 Å². The number of hydrogen-bond donors (Lipinski definition) is 1. The van der Waals surface area contributed by atoms with Gasteiger partial charge in [0.1, 0.15) is 0 Å². The Balaban J connectivity index is 2.37. The number of aryl methyl sites for hydroxylation is 1.